The molecular formula is C15H18N4O2. The number of hydrogen-bond donors (Lipinski definition) is 2. The first kappa shape index (κ1) is 13.8. The molecule has 1 aliphatic heterocycles. The second kappa shape index (κ2) is 6.05. The number of benzene rings is 1. The van der Waals surface area contributed by atoms with E-state index in [4.69, 9.17) is 0 Å². The maximum Gasteiger partial charge on any atom is 0.256 e. The molecule has 2 heterocycles. The Balaban J connectivity index is 1.69. The highest BCUT2D eigenvalue weighted by atomic mass is 16.6. The second-order valence-corrected chi connectivity index (χ2v) is 5.42. The minimum atomic E-state index is -0.194. The third kappa shape index (κ3) is 3.28. The normalized spacial score (nSPS) is 17.9. The van der Waals surface area contributed by atoms with Gasteiger partial charge in [0.05, 0.1) is 0 Å². The van der Waals surface area contributed by atoms with Gasteiger partial charge in [-0.05, 0) is 61.6 Å². The molecule has 110 valence electrons. The van der Waals surface area contributed by atoms with E-state index in [1.54, 1.807) is 13.0 Å². The Morgan fingerprint density at radius 3 is 3.10 bits per heavy atom. The number of rotatable bonds is 4. The zero-order valence-corrected chi connectivity index (χ0v) is 11.9. The quantitative estimate of drug-likeness (QED) is 0.895. The molecule has 0 saturated carbocycles. The van der Waals surface area contributed by atoms with Crippen LogP contribution in [0.4, 0.5) is 5.82 Å². The van der Waals surface area contributed by atoms with Crippen LogP contribution in [0, 0.1) is 12.8 Å². The largest absolute Gasteiger partial charge is 0.316 e. The van der Waals surface area contributed by atoms with E-state index in [1.807, 2.05) is 12.1 Å². The Labute approximate surface area is 122 Å². The maximum atomic E-state index is 12.2. The summed E-state index contributed by atoms with van der Waals surface area (Å²) in [4.78, 5) is 12.2. The summed E-state index contributed by atoms with van der Waals surface area (Å²) in [6.45, 7) is 3.87. The van der Waals surface area contributed by atoms with Crippen LogP contribution in [0.1, 0.15) is 28.0 Å². The monoisotopic (exact) mass is 286 g/mol. The molecule has 0 spiro atoms. The van der Waals surface area contributed by atoms with E-state index >= 15 is 0 Å². The van der Waals surface area contributed by atoms with Crippen LogP contribution in [0.2, 0.25) is 0 Å². The highest BCUT2D eigenvalue weighted by molar-refractivity contribution is 6.04. The van der Waals surface area contributed by atoms with Gasteiger partial charge in [0, 0.05) is 5.56 Å². The molecule has 0 aliphatic carbocycles. The Kier molecular flexibility index (Phi) is 3.96. The number of nitrogens with zero attached hydrogens (tertiary/aromatic N) is 2. The van der Waals surface area contributed by atoms with E-state index in [0.717, 1.165) is 19.5 Å². The SMILES string of the molecule is Cc1nonc1NC(=O)c1cccc(CC2CCNC2)c1. The molecule has 2 aromatic rings. The molecule has 1 fully saturated rings. The van der Waals surface area contributed by atoms with Gasteiger partial charge in [-0.15, -0.1) is 0 Å². The first-order valence-electron chi connectivity index (χ1n) is 7.12. The highest BCUT2D eigenvalue weighted by Crippen LogP contribution is 2.17. The summed E-state index contributed by atoms with van der Waals surface area (Å²) in [6.07, 6.45) is 2.19. The van der Waals surface area contributed by atoms with Gasteiger partial charge in [-0.1, -0.05) is 17.3 Å². The fourth-order valence-electron chi connectivity index (χ4n) is 2.59. The molecular weight excluding hydrogens is 268 g/mol. The lowest BCUT2D eigenvalue weighted by atomic mass is 9.97. The molecule has 3 rings (SSSR count). The predicted molar refractivity (Wildman–Crippen MR) is 78.1 cm³/mol. The number of hydrogen-bond acceptors (Lipinski definition) is 5. The molecule has 6 heteroatoms. The zero-order valence-electron chi connectivity index (χ0n) is 11.9. The molecule has 1 amide bonds. The summed E-state index contributed by atoms with van der Waals surface area (Å²) in [5.41, 5.74) is 2.38. The summed E-state index contributed by atoms with van der Waals surface area (Å²) in [6, 6.07) is 7.73. The van der Waals surface area contributed by atoms with Crippen molar-refractivity contribution in [2.45, 2.75) is 19.8 Å². The average molecular weight is 286 g/mol. The van der Waals surface area contributed by atoms with Crippen LogP contribution in [0.25, 0.3) is 0 Å². The topological polar surface area (TPSA) is 80.1 Å². The van der Waals surface area contributed by atoms with Crippen molar-refractivity contribution in [2.75, 3.05) is 18.4 Å². The molecule has 1 aliphatic rings. The van der Waals surface area contributed by atoms with Crippen molar-refractivity contribution < 1.29 is 9.42 Å². The average Bonchev–Trinajstić information content (AvgIpc) is 3.12. The van der Waals surface area contributed by atoms with Crippen LogP contribution in [0.5, 0.6) is 0 Å². The number of carbonyl (C=O) groups is 1. The second-order valence-electron chi connectivity index (χ2n) is 5.42. The fourth-order valence-corrected chi connectivity index (χ4v) is 2.59. The van der Waals surface area contributed by atoms with E-state index in [-0.39, 0.29) is 5.91 Å². The van der Waals surface area contributed by atoms with Gasteiger partial charge in [0.1, 0.15) is 5.69 Å². The number of nitrogens with one attached hydrogen (secondary N) is 2. The summed E-state index contributed by atoms with van der Waals surface area (Å²) in [5.74, 6) is 0.830. The van der Waals surface area contributed by atoms with Crippen molar-refractivity contribution in [3.05, 3.63) is 41.1 Å². The van der Waals surface area contributed by atoms with Gasteiger partial charge in [-0.2, -0.15) is 0 Å². The van der Waals surface area contributed by atoms with Crippen LogP contribution in [-0.4, -0.2) is 29.3 Å². The van der Waals surface area contributed by atoms with Crippen LogP contribution in [0.15, 0.2) is 28.9 Å². The lowest BCUT2D eigenvalue weighted by molar-refractivity contribution is 0.102. The molecule has 1 aromatic carbocycles. The Bertz CT molecular complexity index is 632. The van der Waals surface area contributed by atoms with Crippen LogP contribution in [0.3, 0.4) is 0 Å². The number of anilines is 1. The third-order valence-electron chi connectivity index (χ3n) is 3.76. The molecule has 2 N–H and O–H groups in total. The maximum absolute atomic E-state index is 12.2. The van der Waals surface area contributed by atoms with Crippen LogP contribution in [-0.2, 0) is 6.42 Å². The van der Waals surface area contributed by atoms with Crippen molar-refractivity contribution in [1.82, 2.24) is 15.6 Å². The molecule has 0 radical (unpaired) electrons. The highest BCUT2D eigenvalue weighted by Gasteiger charge is 2.16. The number of aromatic nitrogens is 2. The lowest BCUT2D eigenvalue weighted by Crippen LogP contribution is -2.14. The number of aryl methyl sites for hydroxylation is 1. The minimum absolute atomic E-state index is 0.194. The molecule has 1 unspecified atom stereocenters. The molecule has 21 heavy (non-hydrogen) atoms. The van der Waals surface area contributed by atoms with Crippen LogP contribution >= 0.6 is 0 Å². The van der Waals surface area contributed by atoms with E-state index in [1.165, 1.54) is 12.0 Å². The molecule has 1 saturated heterocycles. The van der Waals surface area contributed by atoms with E-state index < -0.39 is 0 Å². The standard InChI is InChI=1S/C15H18N4O2/c1-10-14(19-21-18-10)17-15(20)13-4-2-3-11(8-13)7-12-5-6-16-9-12/h2-4,8,12,16H,5-7,9H2,1H3,(H,17,19,20). The molecule has 1 atom stereocenters. The Morgan fingerprint density at radius 2 is 2.38 bits per heavy atom. The van der Waals surface area contributed by atoms with Gasteiger partial charge < -0.3 is 10.6 Å². The Morgan fingerprint density at radius 1 is 1.48 bits per heavy atom. The Hall–Kier alpha value is -2.21. The fraction of sp³-hybridized carbons (Fsp3) is 0.400. The van der Waals surface area contributed by atoms with Gasteiger partial charge in [0.15, 0.2) is 0 Å². The van der Waals surface area contributed by atoms with Crippen molar-refractivity contribution in [2.24, 2.45) is 5.92 Å². The number of amides is 1. The van der Waals surface area contributed by atoms with Gasteiger partial charge in [0.25, 0.3) is 5.91 Å². The molecule has 0 bridgehead atoms. The smallest absolute Gasteiger partial charge is 0.256 e. The minimum Gasteiger partial charge on any atom is -0.316 e. The summed E-state index contributed by atoms with van der Waals surface area (Å²) in [5, 5.41) is 13.4. The first-order chi connectivity index (χ1) is 10.2. The summed E-state index contributed by atoms with van der Waals surface area (Å²) in [7, 11) is 0. The number of carbonyl (C=O) groups excluding carboxylic acids is 1. The van der Waals surface area contributed by atoms with Crippen molar-refractivity contribution in [1.29, 1.82) is 0 Å². The zero-order chi connectivity index (χ0) is 14.7. The van der Waals surface area contributed by atoms with Crippen molar-refractivity contribution in [3.63, 3.8) is 0 Å². The third-order valence-corrected chi connectivity index (χ3v) is 3.76. The van der Waals surface area contributed by atoms with Gasteiger partial charge >= 0.3 is 0 Å². The van der Waals surface area contributed by atoms with Crippen molar-refractivity contribution >= 4 is 11.7 Å². The van der Waals surface area contributed by atoms with Crippen LogP contribution < -0.4 is 10.6 Å². The lowest BCUT2D eigenvalue weighted by Gasteiger charge is -2.09. The van der Waals surface area contributed by atoms with E-state index in [0.29, 0.717) is 23.0 Å². The van der Waals surface area contributed by atoms with Gasteiger partial charge in [-0.25, -0.2) is 4.63 Å². The molecule has 6 nitrogen and oxygen atoms in total. The van der Waals surface area contributed by atoms with E-state index in [2.05, 4.69) is 31.6 Å². The first-order valence-corrected chi connectivity index (χ1v) is 7.12. The van der Waals surface area contributed by atoms with Gasteiger partial charge in [-0.3, -0.25) is 4.79 Å². The van der Waals surface area contributed by atoms with Gasteiger partial charge in [0.2, 0.25) is 5.82 Å². The summed E-state index contributed by atoms with van der Waals surface area (Å²) < 4.78 is 4.57. The van der Waals surface area contributed by atoms with Crippen molar-refractivity contribution in [3.8, 4) is 0 Å². The van der Waals surface area contributed by atoms with E-state index in [9.17, 15) is 4.79 Å². The predicted octanol–water partition coefficient (Wildman–Crippen LogP) is 1.78. The molecule has 1 aromatic heterocycles. The summed E-state index contributed by atoms with van der Waals surface area (Å²) >= 11 is 0.